The fourth-order valence-electron chi connectivity index (χ4n) is 3.69. The number of hydrogen-bond donors (Lipinski definition) is 8. The third-order valence-corrected chi connectivity index (χ3v) is 5.47. The lowest BCUT2D eigenvalue weighted by atomic mass is 9.94. The number of ether oxygens (including phenoxy) is 3. The molecule has 2 aliphatic heterocycles. The highest BCUT2D eigenvalue weighted by molar-refractivity contribution is 6.47. The molecule has 0 aromatic heterocycles. The number of aliphatic hydroxyl groups is 4. The Balaban J connectivity index is 1.68. The van der Waals surface area contributed by atoms with Gasteiger partial charge in [-0.2, -0.15) is 0 Å². The van der Waals surface area contributed by atoms with Crippen LogP contribution in [-0.2, 0) is 9.53 Å². The van der Waals surface area contributed by atoms with Crippen molar-refractivity contribution in [3.8, 4) is 34.5 Å². The summed E-state index contributed by atoms with van der Waals surface area (Å²) < 4.78 is 16.0. The van der Waals surface area contributed by atoms with Gasteiger partial charge in [0.2, 0.25) is 23.6 Å². The monoisotopic (exact) mass is 480 g/mol. The lowest BCUT2D eigenvalue weighted by Gasteiger charge is -2.39. The number of phenols is 4. The van der Waals surface area contributed by atoms with Crippen molar-refractivity contribution in [3.05, 3.63) is 35.4 Å². The van der Waals surface area contributed by atoms with E-state index in [1.807, 2.05) is 0 Å². The van der Waals surface area contributed by atoms with Crippen LogP contribution in [0.5, 0.6) is 34.5 Å². The van der Waals surface area contributed by atoms with Crippen molar-refractivity contribution in [2.75, 3.05) is 6.61 Å². The molecular formula is C21H20O13. The molecule has 2 aromatic carbocycles. The first kappa shape index (κ1) is 23.5. The van der Waals surface area contributed by atoms with Gasteiger partial charge >= 0.3 is 0 Å². The molecule has 0 aliphatic carbocycles. The molecule has 0 saturated carbocycles. The zero-order chi connectivity index (χ0) is 24.9. The molecule has 34 heavy (non-hydrogen) atoms. The minimum Gasteiger partial charge on any atom is -0.508 e. The minimum absolute atomic E-state index is 0.193. The first-order chi connectivity index (χ1) is 16.0. The molecule has 13 heteroatoms. The fourth-order valence-corrected chi connectivity index (χ4v) is 3.69. The van der Waals surface area contributed by atoms with Crippen molar-refractivity contribution in [3.63, 3.8) is 0 Å². The quantitative estimate of drug-likeness (QED) is 0.186. The molecule has 1 fully saturated rings. The Kier molecular flexibility index (Phi) is 5.97. The second kappa shape index (κ2) is 8.62. The first-order valence-corrected chi connectivity index (χ1v) is 9.87. The maximum atomic E-state index is 12.6. The Morgan fingerprint density at radius 2 is 1.59 bits per heavy atom. The normalized spacial score (nSPS) is 28.8. The van der Waals surface area contributed by atoms with Gasteiger partial charge < -0.3 is 55.1 Å². The molecule has 6 atom stereocenters. The Morgan fingerprint density at radius 1 is 0.882 bits per heavy atom. The van der Waals surface area contributed by atoms with Gasteiger partial charge in [0.15, 0.2) is 17.6 Å². The summed E-state index contributed by atoms with van der Waals surface area (Å²) in [5.41, 5.74) is -0.651. The Bertz CT molecular complexity index is 1140. The van der Waals surface area contributed by atoms with Crippen LogP contribution in [-0.4, -0.2) is 89.7 Å². The van der Waals surface area contributed by atoms with Crippen molar-refractivity contribution < 1.29 is 64.7 Å². The summed E-state index contributed by atoms with van der Waals surface area (Å²) in [6.07, 6.45) is -10.0. The molecule has 0 amide bonds. The molecule has 1 saturated heterocycles. The summed E-state index contributed by atoms with van der Waals surface area (Å²) >= 11 is 0. The summed E-state index contributed by atoms with van der Waals surface area (Å²) in [6, 6.07) is 3.74. The topological polar surface area (TPSA) is 224 Å². The van der Waals surface area contributed by atoms with Gasteiger partial charge in [-0.1, -0.05) is 0 Å². The second-order valence-corrected chi connectivity index (χ2v) is 7.73. The van der Waals surface area contributed by atoms with Gasteiger partial charge in [-0.05, 0) is 12.1 Å². The first-order valence-electron chi connectivity index (χ1n) is 9.87. The molecule has 8 N–H and O–H groups in total. The number of carbonyl (C=O) groups is 2. The maximum absolute atomic E-state index is 12.6. The average Bonchev–Trinajstić information content (AvgIpc) is 2.78. The molecule has 0 spiro atoms. The molecule has 2 aromatic rings. The van der Waals surface area contributed by atoms with E-state index in [9.17, 15) is 50.4 Å². The lowest BCUT2D eigenvalue weighted by Crippen LogP contribution is -2.60. The van der Waals surface area contributed by atoms with E-state index < -0.39 is 89.3 Å². The Hall–Kier alpha value is -3.62. The van der Waals surface area contributed by atoms with E-state index in [2.05, 4.69) is 0 Å². The van der Waals surface area contributed by atoms with Gasteiger partial charge in [-0.25, -0.2) is 0 Å². The van der Waals surface area contributed by atoms with E-state index in [0.29, 0.717) is 0 Å². The van der Waals surface area contributed by atoms with Crippen LogP contribution in [0, 0.1) is 0 Å². The predicted octanol–water partition coefficient (Wildman–Crippen LogP) is -1.43. The van der Waals surface area contributed by atoms with E-state index >= 15 is 0 Å². The van der Waals surface area contributed by atoms with Crippen LogP contribution in [0.4, 0.5) is 0 Å². The van der Waals surface area contributed by atoms with Crippen LogP contribution < -0.4 is 9.47 Å². The van der Waals surface area contributed by atoms with Gasteiger partial charge in [0.1, 0.15) is 47.2 Å². The van der Waals surface area contributed by atoms with Gasteiger partial charge in [-0.15, -0.1) is 0 Å². The molecule has 13 nitrogen and oxygen atoms in total. The van der Waals surface area contributed by atoms with Gasteiger partial charge in [0.05, 0.1) is 6.61 Å². The number of carbonyl (C=O) groups excluding carboxylic acids is 2. The standard InChI is InChI=1S/C21H20O13/c22-5-12-15(27)17(29)19(31)21(34-12)33-11-2-6(1-9(25)14(11)26)20-18(30)16(28)13-8(24)3-7(23)4-10(13)32-20/h1-4,12,15,17,19-27,29,31H,5H2/t12-,15-,17+,19-,20?,21-/m1/s1. The van der Waals surface area contributed by atoms with Crippen LogP contribution in [0.25, 0.3) is 0 Å². The average molecular weight is 480 g/mol. The molecule has 182 valence electrons. The second-order valence-electron chi connectivity index (χ2n) is 7.73. The lowest BCUT2D eigenvalue weighted by molar-refractivity contribution is -0.277. The summed E-state index contributed by atoms with van der Waals surface area (Å²) in [4.78, 5) is 25.2. The number of Topliss-reactive ketones (excluding diaryl/α,β-unsaturated/α-hetero) is 2. The Labute approximate surface area is 190 Å². The minimum atomic E-state index is -1.84. The van der Waals surface area contributed by atoms with E-state index in [-0.39, 0.29) is 11.3 Å². The number of hydrogen-bond acceptors (Lipinski definition) is 13. The smallest absolute Gasteiger partial charge is 0.248 e. The third kappa shape index (κ3) is 3.85. The van der Waals surface area contributed by atoms with E-state index in [1.165, 1.54) is 0 Å². The SMILES string of the molecule is O=C1C(=O)C(c2cc(O)c(O)c(O[C@@H]3O[C@H](CO)[C@@H](O)[C@H](O)[C@H]3O)c2)Oc2cc(O)cc(O)c21. The summed E-state index contributed by atoms with van der Waals surface area (Å²) in [5.74, 6) is -5.94. The van der Waals surface area contributed by atoms with Gasteiger partial charge in [-0.3, -0.25) is 9.59 Å². The van der Waals surface area contributed by atoms with Crippen molar-refractivity contribution in [1.29, 1.82) is 0 Å². The summed E-state index contributed by atoms with van der Waals surface area (Å²) in [7, 11) is 0. The van der Waals surface area contributed by atoms with Crippen LogP contribution >= 0.6 is 0 Å². The summed E-state index contributed by atoms with van der Waals surface area (Å²) in [6.45, 7) is -0.742. The molecule has 0 bridgehead atoms. The van der Waals surface area contributed by atoms with Crippen molar-refractivity contribution in [2.45, 2.75) is 36.8 Å². The number of aromatic hydroxyl groups is 4. The highest BCUT2D eigenvalue weighted by atomic mass is 16.7. The molecule has 2 aliphatic rings. The molecule has 2 heterocycles. The number of rotatable bonds is 4. The predicted molar refractivity (Wildman–Crippen MR) is 107 cm³/mol. The zero-order valence-electron chi connectivity index (χ0n) is 17.1. The van der Waals surface area contributed by atoms with E-state index in [1.54, 1.807) is 0 Å². The molecular weight excluding hydrogens is 460 g/mol. The van der Waals surface area contributed by atoms with Crippen molar-refractivity contribution in [1.82, 2.24) is 0 Å². The number of ketones is 2. The zero-order valence-corrected chi connectivity index (χ0v) is 17.1. The molecule has 0 radical (unpaired) electrons. The van der Waals surface area contributed by atoms with Crippen LogP contribution in [0.3, 0.4) is 0 Å². The largest absolute Gasteiger partial charge is 0.508 e. The maximum Gasteiger partial charge on any atom is 0.248 e. The van der Waals surface area contributed by atoms with Gasteiger partial charge in [0.25, 0.3) is 0 Å². The number of aliphatic hydroxyl groups excluding tert-OH is 4. The number of fused-ring (bicyclic) bond motifs is 1. The van der Waals surface area contributed by atoms with Crippen LogP contribution in [0.1, 0.15) is 22.0 Å². The van der Waals surface area contributed by atoms with E-state index in [0.717, 1.165) is 24.3 Å². The molecule has 1 unspecified atom stereocenters. The van der Waals surface area contributed by atoms with E-state index in [4.69, 9.17) is 14.2 Å². The fraction of sp³-hybridized carbons (Fsp3) is 0.333. The van der Waals surface area contributed by atoms with Crippen molar-refractivity contribution in [2.24, 2.45) is 0 Å². The van der Waals surface area contributed by atoms with Gasteiger partial charge in [0, 0.05) is 17.7 Å². The Morgan fingerprint density at radius 3 is 2.26 bits per heavy atom. The highest BCUT2D eigenvalue weighted by Gasteiger charge is 2.45. The highest BCUT2D eigenvalue weighted by Crippen LogP contribution is 2.44. The van der Waals surface area contributed by atoms with Crippen LogP contribution in [0.15, 0.2) is 24.3 Å². The third-order valence-electron chi connectivity index (χ3n) is 5.47. The number of phenolic OH excluding ortho intramolecular Hbond substituents is 4. The number of benzene rings is 2. The summed E-state index contributed by atoms with van der Waals surface area (Å²) in [5, 5.41) is 79.1. The van der Waals surface area contributed by atoms with Crippen molar-refractivity contribution >= 4 is 11.6 Å². The molecule has 4 rings (SSSR count). The van der Waals surface area contributed by atoms with Crippen LogP contribution in [0.2, 0.25) is 0 Å².